The van der Waals surface area contributed by atoms with Gasteiger partial charge in [0.2, 0.25) is 5.91 Å². The first kappa shape index (κ1) is 13.7. The highest BCUT2D eigenvalue weighted by atomic mass is 35.5. The van der Waals surface area contributed by atoms with Crippen LogP contribution in [0, 0.1) is 0 Å². The number of halogens is 1. The third-order valence-corrected chi connectivity index (χ3v) is 2.82. The zero-order valence-electron chi connectivity index (χ0n) is 9.66. The molecule has 0 heterocycles. The van der Waals surface area contributed by atoms with Crippen LogP contribution in [0.3, 0.4) is 0 Å². The van der Waals surface area contributed by atoms with Gasteiger partial charge in [-0.05, 0) is 24.6 Å². The van der Waals surface area contributed by atoms with Crippen molar-refractivity contribution in [2.75, 3.05) is 13.1 Å². The van der Waals surface area contributed by atoms with Crippen LogP contribution in [0.25, 0.3) is 0 Å². The predicted molar refractivity (Wildman–Crippen MR) is 71.1 cm³/mol. The van der Waals surface area contributed by atoms with Crippen molar-refractivity contribution in [1.82, 2.24) is 5.32 Å². The van der Waals surface area contributed by atoms with Gasteiger partial charge in [0.15, 0.2) is 0 Å². The molecule has 1 amide bonds. The monoisotopic (exact) mass is 252 g/mol. The van der Waals surface area contributed by atoms with E-state index in [1.54, 1.807) is 12.1 Å². The van der Waals surface area contributed by atoms with Gasteiger partial charge in [0, 0.05) is 11.6 Å². The van der Waals surface area contributed by atoms with Gasteiger partial charge >= 0.3 is 0 Å². The Kier molecular flexibility index (Phi) is 5.73. The molecule has 0 radical (unpaired) electrons. The molecule has 0 aliphatic carbocycles. The summed E-state index contributed by atoms with van der Waals surface area (Å²) in [5.41, 5.74) is 6.36. The van der Waals surface area contributed by atoms with E-state index in [0.717, 1.165) is 5.56 Å². The molecule has 1 rings (SSSR count). The highest BCUT2D eigenvalue weighted by Crippen LogP contribution is 2.26. The largest absolute Gasteiger partial charge is 0.352 e. The standard InChI is InChI=1S/C13H17ClN2O/c1-2-9-16-13(17)11(7-8-15)10-5-3-4-6-12(10)14/h2-6,11H,1,7-9,15H2,(H,16,17). The summed E-state index contributed by atoms with van der Waals surface area (Å²) in [5.74, 6) is -0.364. The van der Waals surface area contributed by atoms with Crippen LogP contribution in [0.2, 0.25) is 5.02 Å². The molecule has 1 aromatic carbocycles. The first-order valence-corrected chi connectivity index (χ1v) is 5.91. The number of hydrogen-bond acceptors (Lipinski definition) is 2. The van der Waals surface area contributed by atoms with E-state index in [-0.39, 0.29) is 11.8 Å². The summed E-state index contributed by atoms with van der Waals surface area (Å²) in [5, 5.41) is 3.37. The van der Waals surface area contributed by atoms with Crippen LogP contribution in [-0.2, 0) is 4.79 Å². The Balaban J connectivity index is 2.88. The Bertz CT molecular complexity index is 393. The van der Waals surface area contributed by atoms with Crippen molar-refractivity contribution in [3.63, 3.8) is 0 Å². The van der Waals surface area contributed by atoms with E-state index >= 15 is 0 Å². The van der Waals surface area contributed by atoms with Gasteiger partial charge in [-0.15, -0.1) is 6.58 Å². The Morgan fingerprint density at radius 3 is 2.82 bits per heavy atom. The third kappa shape index (κ3) is 3.88. The van der Waals surface area contributed by atoms with Gasteiger partial charge in [-0.1, -0.05) is 35.9 Å². The van der Waals surface area contributed by atoms with E-state index in [2.05, 4.69) is 11.9 Å². The Morgan fingerprint density at radius 1 is 1.53 bits per heavy atom. The normalized spacial score (nSPS) is 11.9. The van der Waals surface area contributed by atoms with Crippen molar-refractivity contribution in [2.24, 2.45) is 5.73 Å². The van der Waals surface area contributed by atoms with Gasteiger partial charge < -0.3 is 11.1 Å². The number of nitrogens with one attached hydrogen (secondary N) is 1. The smallest absolute Gasteiger partial charge is 0.227 e. The van der Waals surface area contributed by atoms with Crippen LogP contribution in [0.15, 0.2) is 36.9 Å². The quantitative estimate of drug-likeness (QED) is 0.762. The Hall–Kier alpha value is -1.32. The zero-order chi connectivity index (χ0) is 12.7. The summed E-state index contributed by atoms with van der Waals surface area (Å²) in [6, 6.07) is 7.34. The van der Waals surface area contributed by atoms with E-state index < -0.39 is 0 Å². The van der Waals surface area contributed by atoms with E-state index in [4.69, 9.17) is 17.3 Å². The molecule has 0 bridgehead atoms. The molecule has 4 heteroatoms. The van der Waals surface area contributed by atoms with Gasteiger partial charge in [0.05, 0.1) is 5.92 Å². The average Bonchev–Trinajstić information content (AvgIpc) is 2.34. The van der Waals surface area contributed by atoms with Crippen molar-refractivity contribution < 1.29 is 4.79 Å². The molecule has 3 nitrogen and oxygen atoms in total. The van der Waals surface area contributed by atoms with Crippen LogP contribution >= 0.6 is 11.6 Å². The lowest BCUT2D eigenvalue weighted by Gasteiger charge is -2.17. The molecule has 17 heavy (non-hydrogen) atoms. The second-order valence-corrected chi connectivity index (χ2v) is 4.09. The number of benzene rings is 1. The number of rotatable bonds is 6. The fourth-order valence-corrected chi connectivity index (χ4v) is 1.92. The highest BCUT2D eigenvalue weighted by Gasteiger charge is 2.21. The van der Waals surface area contributed by atoms with Crippen molar-refractivity contribution >= 4 is 17.5 Å². The SMILES string of the molecule is C=CCNC(=O)C(CCN)c1ccccc1Cl. The molecule has 1 aromatic rings. The van der Waals surface area contributed by atoms with Crippen LogP contribution in [-0.4, -0.2) is 19.0 Å². The number of carbonyl (C=O) groups excluding carboxylic acids is 1. The van der Waals surface area contributed by atoms with Crippen LogP contribution in [0.1, 0.15) is 17.9 Å². The molecule has 0 aliphatic heterocycles. The maximum atomic E-state index is 12.0. The van der Waals surface area contributed by atoms with Crippen LogP contribution < -0.4 is 11.1 Å². The second-order valence-electron chi connectivity index (χ2n) is 3.69. The number of carbonyl (C=O) groups is 1. The molecule has 0 spiro atoms. The maximum Gasteiger partial charge on any atom is 0.227 e. The summed E-state index contributed by atoms with van der Waals surface area (Å²) in [6.45, 7) is 4.45. The second kappa shape index (κ2) is 7.09. The average molecular weight is 253 g/mol. The molecule has 0 saturated heterocycles. The summed E-state index contributed by atoms with van der Waals surface area (Å²) in [7, 11) is 0. The minimum absolute atomic E-state index is 0.0662. The number of amides is 1. The van der Waals surface area contributed by atoms with Gasteiger partial charge in [-0.25, -0.2) is 0 Å². The van der Waals surface area contributed by atoms with Crippen LogP contribution in [0.4, 0.5) is 0 Å². The lowest BCUT2D eigenvalue weighted by atomic mass is 9.94. The first-order valence-electron chi connectivity index (χ1n) is 5.53. The summed E-state index contributed by atoms with van der Waals surface area (Å²) in [4.78, 5) is 12.0. The predicted octanol–water partition coefficient (Wildman–Crippen LogP) is 2.07. The molecule has 3 N–H and O–H groups in total. The highest BCUT2D eigenvalue weighted by molar-refractivity contribution is 6.31. The Labute approximate surface area is 107 Å². The minimum Gasteiger partial charge on any atom is -0.352 e. The van der Waals surface area contributed by atoms with Crippen molar-refractivity contribution in [3.8, 4) is 0 Å². The van der Waals surface area contributed by atoms with Gasteiger partial charge in [0.1, 0.15) is 0 Å². The molecule has 0 fully saturated rings. The van der Waals surface area contributed by atoms with E-state index in [9.17, 15) is 4.79 Å². The van der Waals surface area contributed by atoms with E-state index in [1.165, 1.54) is 0 Å². The lowest BCUT2D eigenvalue weighted by molar-refractivity contribution is -0.122. The summed E-state index contributed by atoms with van der Waals surface area (Å²) >= 11 is 6.09. The molecule has 1 atom stereocenters. The van der Waals surface area contributed by atoms with E-state index in [0.29, 0.717) is 24.5 Å². The van der Waals surface area contributed by atoms with Crippen molar-refractivity contribution in [1.29, 1.82) is 0 Å². The first-order chi connectivity index (χ1) is 8.20. The fraction of sp³-hybridized carbons (Fsp3) is 0.308. The van der Waals surface area contributed by atoms with Crippen LogP contribution in [0.5, 0.6) is 0 Å². The third-order valence-electron chi connectivity index (χ3n) is 2.47. The number of hydrogen-bond donors (Lipinski definition) is 2. The molecule has 0 saturated carbocycles. The molecular formula is C13H17ClN2O. The molecule has 0 aliphatic rings. The maximum absolute atomic E-state index is 12.0. The van der Waals surface area contributed by atoms with Crippen molar-refractivity contribution in [3.05, 3.63) is 47.5 Å². The molecule has 92 valence electrons. The minimum atomic E-state index is -0.298. The lowest BCUT2D eigenvalue weighted by Crippen LogP contribution is -2.30. The van der Waals surface area contributed by atoms with E-state index in [1.807, 2.05) is 18.2 Å². The van der Waals surface area contributed by atoms with Gasteiger partial charge in [-0.2, -0.15) is 0 Å². The van der Waals surface area contributed by atoms with Gasteiger partial charge in [-0.3, -0.25) is 4.79 Å². The summed E-state index contributed by atoms with van der Waals surface area (Å²) < 4.78 is 0. The topological polar surface area (TPSA) is 55.1 Å². The molecule has 1 unspecified atom stereocenters. The number of nitrogens with two attached hydrogens (primary N) is 1. The summed E-state index contributed by atoms with van der Waals surface area (Å²) in [6.07, 6.45) is 2.22. The zero-order valence-corrected chi connectivity index (χ0v) is 10.4. The molecular weight excluding hydrogens is 236 g/mol. The molecule has 0 aromatic heterocycles. The van der Waals surface area contributed by atoms with Crippen molar-refractivity contribution in [2.45, 2.75) is 12.3 Å². The fourth-order valence-electron chi connectivity index (χ4n) is 1.65. The Morgan fingerprint density at radius 2 is 2.24 bits per heavy atom. The van der Waals surface area contributed by atoms with Gasteiger partial charge in [0.25, 0.3) is 0 Å².